The summed E-state index contributed by atoms with van der Waals surface area (Å²) in [6.07, 6.45) is 0.163. The minimum absolute atomic E-state index is 0.0411. The lowest BCUT2D eigenvalue weighted by atomic mass is 9.80. The van der Waals surface area contributed by atoms with Gasteiger partial charge in [-0.15, -0.1) is 0 Å². The predicted molar refractivity (Wildman–Crippen MR) is 77.4 cm³/mol. The molecule has 21 heavy (non-hydrogen) atoms. The van der Waals surface area contributed by atoms with Gasteiger partial charge in [0.15, 0.2) is 5.41 Å². The van der Waals surface area contributed by atoms with Gasteiger partial charge in [-0.05, 0) is 47.5 Å². The van der Waals surface area contributed by atoms with Crippen LogP contribution in [0.2, 0.25) is 0 Å². The Bertz CT molecular complexity index is 441. The number of hydrogen-bond acceptors (Lipinski definition) is 5. The Morgan fingerprint density at radius 1 is 1.14 bits per heavy atom. The molecule has 0 aromatic heterocycles. The minimum Gasteiger partial charge on any atom is -0.462 e. The molecule has 1 aliphatic rings. The SMILES string of the molecule is C=C1CC(C(=O)OC(C)C)(C(=O)OC(C)C)CC1(C)C=O. The van der Waals surface area contributed by atoms with Crippen LogP contribution in [0.5, 0.6) is 0 Å². The molecule has 0 radical (unpaired) electrons. The van der Waals surface area contributed by atoms with Crippen LogP contribution < -0.4 is 0 Å². The van der Waals surface area contributed by atoms with Gasteiger partial charge >= 0.3 is 11.9 Å². The first-order chi connectivity index (χ1) is 9.57. The van der Waals surface area contributed by atoms with Gasteiger partial charge in [0.1, 0.15) is 6.29 Å². The summed E-state index contributed by atoms with van der Waals surface area (Å²) in [5, 5.41) is 0. The molecule has 1 rings (SSSR count). The second-order valence-corrected chi connectivity index (χ2v) is 6.48. The highest BCUT2D eigenvalue weighted by molar-refractivity contribution is 6.02. The minimum atomic E-state index is -1.47. The molecular weight excluding hydrogens is 272 g/mol. The van der Waals surface area contributed by atoms with Gasteiger partial charge in [-0.2, -0.15) is 0 Å². The average molecular weight is 296 g/mol. The monoisotopic (exact) mass is 296 g/mol. The lowest BCUT2D eigenvalue weighted by molar-refractivity contribution is -0.177. The highest BCUT2D eigenvalue weighted by Crippen LogP contribution is 2.52. The fourth-order valence-electron chi connectivity index (χ4n) is 2.53. The first kappa shape index (κ1) is 17.4. The lowest BCUT2D eigenvalue weighted by Crippen LogP contribution is -2.42. The van der Waals surface area contributed by atoms with E-state index in [-0.39, 0.29) is 25.0 Å². The maximum Gasteiger partial charge on any atom is 0.324 e. The van der Waals surface area contributed by atoms with Crippen molar-refractivity contribution in [3.05, 3.63) is 12.2 Å². The summed E-state index contributed by atoms with van der Waals surface area (Å²) >= 11 is 0. The van der Waals surface area contributed by atoms with E-state index in [0.29, 0.717) is 5.57 Å². The van der Waals surface area contributed by atoms with Gasteiger partial charge in [0.2, 0.25) is 0 Å². The third-order valence-electron chi connectivity index (χ3n) is 3.72. The van der Waals surface area contributed by atoms with Crippen molar-refractivity contribution in [2.75, 3.05) is 0 Å². The van der Waals surface area contributed by atoms with Crippen LogP contribution in [0.25, 0.3) is 0 Å². The van der Waals surface area contributed by atoms with Crippen molar-refractivity contribution in [3.8, 4) is 0 Å². The van der Waals surface area contributed by atoms with Crippen LogP contribution in [0.1, 0.15) is 47.5 Å². The standard InChI is InChI=1S/C16H24O5/c1-10(2)20-13(18)16(14(19)21-11(3)4)7-12(5)15(6,8-16)9-17/h9-11H,5,7-8H2,1-4,6H3. The molecule has 0 aromatic rings. The molecule has 0 N–H and O–H groups in total. The molecule has 0 bridgehead atoms. The van der Waals surface area contributed by atoms with Crippen molar-refractivity contribution in [2.24, 2.45) is 10.8 Å². The zero-order valence-corrected chi connectivity index (χ0v) is 13.4. The molecule has 0 aliphatic heterocycles. The van der Waals surface area contributed by atoms with Crippen LogP contribution in [0.4, 0.5) is 0 Å². The maximum atomic E-state index is 12.5. The molecule has 1 atom stereocenters. The van der Waals surface area contributed by atoms with Crippen LogP contribution in [-0.4, -0.2) is 30.4 Å². The normalized spacial score (nSPS) is 24.2. The van der Waals surface area contributed by atoms with Gasteiger partial charge in [-0.25, -0.2) is 0 Å². The number of aldehydes is 1. The predicted octanol–water partition coefficient (Wildman–Crippen LogP) is 2.43. The Labute approximate surface area is 125 Å². The number of esters is 2. The smallest absolute Gasteiger partial charge is 0.324 e. The first-order valence-electron chi connectivity index (χ1n) is 7.14. The number of carbonyl (C=O) groups is 3. The van der Waals surface area contributed by atoms with Crippen molar-refractivity contribution in [3.63, 3.8) is 0 Å². The highest BCUT2D eigenvalue weighted by Gasteiger charge is 2.59. The summed E-state index contributed by atoms with van der Waals surface area (Å²) in [4.78, 5) is 36.3. The van der Waals surface area contributed by atoms with Crippen molar-refractivity contribution in [1.82, 2.24) is 0 Å². The molecule has 0 spiro atoms. The van der Waals surface area contributed by atoms with Crippen LogP contribution in [0, 0.1) is 10.8 Å². The number of hydrogen-bond donors (Lipinski definition) is 0. The van der Waals surface area contributed by atoms with Crippen LogP contribution >= 0.6 is 0 Å². The molecule has 1 aliphatic carbocycles. The maximum absolute atomic E-state index is 12.5. The summed E-state index contributed by atoms with van der Waals surface area (Å²) in [6.45, 7) is 12.4. The van der Waals surface area contributed by atoms with Crippen LogP contribution in [0.3, 0.4) is 0 Å². The molecule has 0 saturated heterocycles. The summed E-state index contributed by atoms with van der Waals surface area (Å²) in [7, 11) is 0. The van der Waals surface area contributed by atoms with Gasteiger partial charge in [0.25, 0.3) is 0 Å². The highest BCUT2D eigenvalue weighted by atomic mass is 16.6. The summed E-state index contributed by atoms with van der Waals surface area (Å²) in [5.74, 6) is -1.29. The summed E-state index contributed by atoms with van der Waals surface area (Å²) < 4.78 is 10.5. The summed E-state index contributed by atoms with van der Waals surface area (Å²) in [5.41, 5.74) is -1.83. The van der Waals surface area contributed by atoms with E-state index in [2.05, 4.69) is 6.58 Å². The van der Waals surface area contributed by atoms with Crippen LogP contribution in [-0.2, 0) is 23.9 Å². The Balaban J connectivity index is 3.20. The Hall–Kier alpha value is -1.65. The van der Waals surface area contributed by atoms with Crippen molar-refractivity contribution in [2.45, 2.75) is 59.7 Å². The van der Waals surface area contributed by atoms with E-state index in [1.807, 2.05) is 0 Å². The quantitative estimate of drug-likeness (QED) is 0.337. The van der Waals surface area contributed by atoms with E-state index in [4.69, 9.17) is 9.47 Å². The zero-order valence-electron chi connectivity index (χ0n) is 13.4. The Morgan fingerprint density at radius 3 is 1.86 bits per heavy atom. The van der Waals surface area contributed by atoms with E-state index in [1.54, 1.807) is 34.6 Å². The van der Waals surface area contributed by atoms with Crippen LogP contribution in [0.15, 0.2) is 12.2 Å². The van der Waals surface area contributed by atoms with Gasteiger partial charge in [-0.3, -0.25) is 9.59 Å². The molecule has 1 unspecified atom stereocenters. The Morgan fingerprint density at radius 2 is 1.57 bits per heavy atom. The van der Waals surface area contributed by atoms with Crippen molar-refractivity contribution in [1.29, 1.82) is 0 Å². The lowest BCUT2D eigenvalue weighted by Gasteiger charge is -2.27. The fourth-order valence-corrected chi connectivity index (χ4v) is 2.53. The molecular formula is C16H24O5. The second kappa shape index (κ2) is 6.00. The molecule has 5 nitrogen and oxygen atoms in total. The number of carbonyl (C=O) groups excluding carboxylic acids is 3. The molecule has 0 heterocycles. The number of allylic oxidation sites excluding steroid dienone is 1. The number of rotatable bonds is 5. The molecule has 1 saturated carbocycles. The van der Waals surface area contributed by atoms with E-state index in [1.165, 1.54) is 0 Å². The third kappa shape index (κ3) is 3.34. The van der Waals surface area contributed by atoms with E-state index in [9.17, 15) is 14.4 Å². The molecule has 0 aromatic carbocycles. The van der Waals surface area contributed by atoms with Crippen molar-refractivity contribution < 1.29 is 23.9 Å². The number of ether oxygens (including phenoxy) is 2. The van der Waals surface area contributed by atoms with Gasteiger partial charge in [-0.1, -0.05) is 12.2 Å². The molecule has 1 fully saturated rings. The van der Waals surface area contributed by atoms with Crippen molar-refractivity contribution >= 4 is 18.2 Å². The molecule has 0 amide bonds. The first-order valence-corrected chi connectivity index (χ1v) is 7.14. The largest absolute Gasteiger partial charge is 0.462 e. The van der Waals surface area contributed by atoms with Gasteiger partial charge in [0, 0.05) is 5.41 Å². The van der Waals surface area contributed by atoms with Gasteiger partial charge < -0.3 is 14.3 Å². The van der Waals surface area contributed by atoms with Gasteiger partial charge in [0.05, 0.1) is 12.2 Å². The van der Waals surface area contributed by atoms with E-state index >= 15 is 0 Å². The fraction of sp³-hybridized carbons (Fsp3) is 0.688. The van der Waals surface area contributed by atoms with E-state index < -0.39 is 22.8 Å². The third-order valence-corrected chi connectivity index (χ3v) is 3.72. The summed E-state index contributed by atoms with van der Waals surface area (Å²) in [6, 6.07) is 0. The topological polar surface area (TPSA) is 69.7 Å². The van der Waals surface area contributed by atoms with E-state index in [0.717, 1.165) is 6.29 Å². The Kier molecular flexibility index (Phi) is 4.97. The average Bonchev–Trinajstić information content (AvgIpc) is 2.62. The zero-order chi connectivity index (χ0) is 16.4. The second-order valence-electron chi connectivity index (χ2n) is 6.48. The molecule has 118 valence electrons. The molecule has 5 heteroatoms.